The summed E-state index contributed by atoms with van der Waals surface area (Å²) in [6.45, 7) is 2.19. The molecule has 2 aromatic heterocycles. The summed E-state index contributed by atoms with van der Waals surface area (Å²) in [6.07, 6.45) is 2.49. The van der Waals surface area contributed by atoms with Crippen LogP contribution in [0.25, 0.3) is 5.65 Å². The number of pyridine rings is 1. The van der Waals surface area contributed by atoms with E-state index in [0.29, 0.717) is 30.1 Å². The van der Waals surface area contributed by atoms with E-state index in [9.17, 15) is 13.2 Å². The third-order valence-corrected chi connectivity index (χ3v) is 7.41. The van der Waals surface area contributed by atoms with Gasteiger partial charge in [0, 0.05) is 18.3 Å². The molecule has 0 bridgehead atoms. The number of nitrogens with zero attached hydrogens (tertiary/aromatic N) is 4. The monoisotopic (exact) mass is 447 g/mol. The molecular weight excluding hydrogens is 426 g/mol. The Morgan fingerprint density at radius 3 is 2.72 bits per heavy atom. The standard InChI is InChI=1S/C23H21N5O3S/c1-16(22-26-25-21-11-4-5-13-27(21)22)24-23(29)18-8-6-9-19(15-18)32(30,31)28-14-12-17-7-2-3-10-20(17)28/h2-11,13,15-16H,12,14H2,1H3,(H,24,29)/t16-/m1/s1. The van der Waals surface area contributed by atoms with Crippen LogP contribution in [-0.2, 0) is 16.4 Å². The number of aromatic nitrogens is 3. The SMILES string of the molecule is C[C@@H](NC(=O)c1cccc(S(=O)(=O)N2CCc3ccccc32)c1)c1nnc2ccccn12. The van der Waals surface area contributed by atoms with E-state index in [4.69, 9.17) is 0 Å². The Balaban J connectivity index is 1.40. The summed E-state index contributed by atoms with van der Waals surface area (Å²) in [5.74, 6) is 0.204. The molecule has 1 aliphatic heterocycles. The van der Waals surface area contributed by atoms with Gasteiger partial charge in [0.15, 0.2) is 11.5 Å². The Labute approximate surface area is 185 Å². The molecule has 1 N–H and O–H groups in total. The number of rotatable bonds is 5. The Bertz CT molecular complexity index is 1430. The number of para-hydroxylation sites is 1. The van der Waals surface area contributed by atoms with Crippen LogP contribution in [0.15, 0.2) is 77.8 Å². The third-order valence-electron chi connectivity index (χ3n) is 5.60. The largest absolute Gasteiger partial charge is 0.342 e. The predicted octanol–water partition coefficient (Wildman–Crippen LogP) is 2.97. The van der Waals surface area contributed by atoms with Crippen LogP contribution in [0.4, 0.5) is 5.69 Å². The molecule has 0 unspecified atom stereocenters. The minimum Gasteiger partial charge on any atom is -0.342 e. The Kier molecular flexibility index (Phi) is 4.90. The van der Waals surface area contributed by atoms with Gasteiger partial charge in [0.2, 0.25) is 0 Å². The minimum absolute atomic E-state index is 0.0856. The second-order valence-corrected chi connectivity index (χ2v) is 9.53. The number of fused-ring (bicyclic) bond motifs is 2. The first-order chi connectivity index (χ1) is 15.4. The van der Waals surface area contributed by atoms with Crippen molar-refractivity contribution in [3.63, 3.8) is 0 Å². The van der Waals surface area contributed by atoms with Crippen LogP contribution < -0.4 is 9.62 Å². The fourth-order valence-electron chi connectivity index (χ4n) is 3.98. The molecule has 32 heavy (non-hydrogen) atoms. The molecule has 2 aromatic carbocycles. The summed E-state index contributed by atoms with van der Waals surface area (Å²) in [5.41, 5.74) is 2.64. The van der Waals surface area contributed by atoms with Gasteiger partial charge >= 0.3 is 0 Å². The Morgan fingerprint density at radius 1 is 1.03 bits per heavy atom. The zero-order valence-corrected chi connectivity index (χ0v) is 18.2. The average molecular weight is 448 g/mol. The van der Waals surface area contributed by atoms with Crippen molar-refractivity contribution in [2.45, 2.75) is 24.3 Å². The molecule has 8 nitrogen and oxygen atoms in total. The van der Waals surface area contributed by atoms with Gasteiger partial charge < -0.3 is 5.32 Å². The van der Waals surface area contributed by atoms with Crippen LogP contribution in [0.2, 0.25) is 0 Å². The van der Waals surface area contributed by atoms with E-state index in [2.05, 4.69) is 15.5 Å². The highest BCUT2D eigenvalue weighted by atomic mass is 32.2. The van der Waals surface area contributed by atoms with Crippen LogP contribution in [-0.4, -0.2) is 35.5 Å². The van der Waals surface area contributed by atoms with Gasteiger partial charge in [-0.1, -0.05) is 30.3 Å². The van der Waals surface area contributed by atoms with Crippen LogP contribution in [0.5, 0.6) is 0 Å². The molecule has 1 aliphatic rings. The van der Waals surface area contributed by atoms with Crippen molar-refractivity contribution in [2.75, 3.05) is 10.8 Å². The molecule has 162 valence electrons. The first-order valence-electron chi connectivity index (χ1n) is 10.3. The maximum Gasteiger partial charge on any atom is 0.264 e. The lowest BCUT2D eigenvalue weighted by atomic mass is 10.2. The lowest BCUT2D eigenvalue weighted by molar-refractivity contribution is 0.0938. The second-order valence-electron chi connectivity index (χ2n) is 7.67. The van der Waals surface area contributed by atoms with E-state index in [1.54, 1.807) is 22.6 Å². The number of amides is 1. The number of nitrogens with one attached hydrogen (secondary N) is 1. The van der Waals surface area contributed by atoms with Crippen molar-refractivity contribution in [1.29, 1.82) is 0 Å². The van der Waals surface area contributed by atoms with Crippen molar-refractivity contribution < 1.29 is 13.2 Å². The minimum atomic E-state index is -3.78. The van der Waals surface area contributed by atoms with Crippen LogP contribution in [0, 0.1) is 0 Å². The van der Waals surface area contributed by atoms with Crippen molar-refractivity contribution in [3.05, 3.63) is 89.9 Å². The van der Waals surface area contributed by atoms with Crippen molar-refractivity contribution in [3.8, 4) is 0 Å². The number of carbonyl (C=O) groups excluding carboxylic acids is 1. The number of benzene rings is 2. The van der Waals surface area contributed by atoms with Gasteiger partial charge in [-0.2, -0.15) is 0 Å². The van der Waals surface area contributed by atoms with E-state index >= 15 is 0 Å². The van der Waals surface area contributed by atoms with Gasteiger partial charge in [-0.3, -0.25) is 13.5 Å². The summed E-state index contributed by atoms with van der Waals surface area (Å²) in [6, 6.07) is 18.7. The molecule has 0 fully saturated rings. The molecule has 0 saturated heterocycles. The molecule has 0 aliphatic carbocycles. The zero-order valence-electron chi connectivity index (χ0n) is 17.3. The number of anilines is 1. The van der Waals surface area contributed by atoms with E-state index in [1.807, 2.05) is 49.5 Å². The van der Waals surface area contributed by atoms with Gasteiger partial charge in [-0.15, -0.1) is 10.2 Å². The first-order valence-corrected chi connectivity index (χ1v) is 11.7. The van der Waals surface area contributed by atoms with Crippen LogP contribution in [0.1, 0.15) is 34.7 Å². The highest BCUT2D eigenvalue weighted by Crippen LogP contribution is 2.32. The van der Waals surface area contributed by atoms with Gasteiger partial charge in [0.05, 0.1) is 16.6 Å². The van der Waals surface area contributed by atoms with Gasteiger partial charge in [-0.25, -0.2) is 8.42 Å². The summed E-state index contributed by atoms with van der Waals surface area (Å²) in [4.78, 5) is 13.0. The van der Waals surface area contributed by atoms with E-state index in [-0.39, 0.29) is 16.4 Å². The van der Waals surface area contributed by atoms with Gasteiger partial charge in [-0.05, 0) is 55.3 Å². The maximum atomic E-state index is 13.3. The number of sulfonamides is 1. The topological polar surface area (TPSA) is 96.7 Å². The second kappa shape index (κ2) is 7.76. The summed E-state index contributed by atoms with van der Waals surface area (Å²) in [7, 11) is -3.78. The predicted molar refractivity (Wildman–Crippen MR) is 120 cm³/mol. The molecular formula is C23H21N5O3S. The van der Waals surface area contributed by atoms with Crippen molar-refractivity contribution >= 4 is 27.3 Å². The van der Waals surface area contributed by atoms with E-state index in [1.165, 1.54) is 16.4 Å². The summed E-state index contributed by atoms with van der Waals surface area (Å²) >= 11 is 0. The quantitative estimate of drug-likeness (QED) is 0.507. The molecule has 3 heterocycles. The molecule has 1 amide bonds. The summed E-state index contributed by atoms with van der Waals surface area (Å²) in [5, 5.41) is 11.2. The average Bonchev–Trinajstić information content (AvgIpc) is 3.44. The Hall–Kier alpha value is -3.72. The smallest absolute Gasteiger partial charge is 0.264 e. The van der Waals surface area contributed by atoms with Crippen LogP contribution >= 0.6 is 0 Å². The van der Waals surface area contributed by atoms with Gasteiger partial charge in [0.1, 0.15) is 0 Å². The highest BCUT2D eigenvalue weighted by Gasteiger charge is 2.31. The summed E-state index contributed by atoms with van der Waals surface area (Å²) < 4.78 is 29.8. The number of hydrogen-bond donors (Lipinski definition) is 1. The number of hydrogen-bond acceptors (Lipinski definition) is 5. The molecule has 9 heteroatoms. The first kappa shape index (κ1) is 20.2. The molecule has 0 radical (unpaired) electrons. The Morgan fingerprint density at radius 2 is 1.84 bits per heavy atom. The molecule has 1 atom stereocenters. The molecule has 0 spiro atoms. The maximum absolute atomic E-state index is 13.3. The fourth-order valence-corrected chi connectivity index (χ4v) is 5.53. The molecule has 5 rings (SSSR count). The lowest BCUT2D eigenvalue weighted by Gasteiger charge is -2.20. The normalized spacial score (nSPS) is 14.3. The molecule has 4 aromatic rings. The fraction of sp³-hybridized carbons (Fsp3) is 0.174. The van der Waals surface area contributed by atoms with Crippen molar-refractivity contribution in [1.82, 2.24) is 19.9 Å². The number of carbonyl (C=O) groups is 1. The lowest BCUT2D eigenvalue weighted by Crippen LogP contribution is -2.30. The third kappa shape index (κ3) is 3.40. The van der Waals surface area contributed by atoms with Gasteiger partial charge in [0.25, 0.3) is 15.9 Å². The zero-order chi connectivity index (χ0) is 22.3. The van der Waals surface area contributed by atoms with E-state index < -0.39 is 16.1 Å². The molecule has 0 saturated carbocycles. The van der Waals surface area contributed by atoms with E-state index in [0.717, 1.165) is 5.56 Å². The van der Waals surface area contributed by atoms with Crippen LogP contribution in [0.3, 0.4) is 0 Å². The highest BCUT2D eigenvalue weighted by molar-refractivity contribution is 7.92. The van der Waals surface area contributed by atoms with Crippen molar-refractivity contribution in [2.24, 2.45) is 0 Å².